The molecule has 2 amide bonds. The van der Waals surface area contributed by atoms with Gasteiger partial charge in [-0.2, -0.15) is 0 Å². The van der Waals surface area contributed by atoms with Crippen molar-refractivity contribution in [3.8, 4) is 5.75 Å². The van der Waals surface area contributed by atoms with E-state index in [9.17, 15) is 9.59 Å². The highest BCUT2D eigenvalue weighted by Crippen LogP contribution is 2.30. The molecule has 1 saturated carbocycles. The average Bonchev–Trinajstić information content (AvgIpc) is 3.53. The van der Waals surface area contributed by atoms with E-state index in [1.54, 1.807) is 23.9 Å². The van der Waals surface area contributed by atoms with Crippen LogP contribution in [0.3, 0.4) is 0 Å². The highest BCUT2D eigenvalue weighted by atomic mass is 32.2. The average molecular weight is 408 g/mol. The molecule has 1 fully saturated rings. The molecule has 1 aromatic rings. The zero-order chi connectivity index (χ0) is 20.2. The number of hydrogen-bond donors (Lipinski definition) is 2. The number of carbonyl (C=O) groups excluding carboxylic acids is 2. The Morgan fingerprint density at radius 1 is 1.32 bits per heavy atom. The molecular weight excluding hydrogens is 374 g/mol. The number of aryl methyl sites for hydroxylation is 1. The molecule has 28 heavy (non-hydrogen) atoms. The van der Waals surface area contributed by atoms with Crippen LogP contribution in [0.15, 0.2) is 18.2 Å². The summed E-state index contributed by atoms with van der Waals surface area (Å²) in [6.45, 7) is 4.52. The van der Waals surface area contributed by atoms with Crippen LogP contribution in [0.4, 0.5) is 4.79 Å². The molecular formula is C21H33N3O3S. The van der Waals surface area contributed by atoms with Crippen LogP contribution in [-0.4, -0.2) is 49.7 Å². The van der Waals surface area contributed by atoms with Crippen molar-refractivity contribution in [1.82, 2.24) is 14.9 Å². The molecule has 0 radical (unpaired) electrons. The number of benzene rings is 1. The molecule has 2 N–H and O–H groups in total. The summed E-state index contributed by atoms with van der Waals surface area (Å²) >= 11 is 1.73. The minimum atomic E-state index is -0.193. The van der Waals surface area contributed by atoms with E-state index in [1.807, 2.05) is 0 Å². The second kappa shape index (κ2) is 12.7. The summed E-state index contributed by atoms with van der Waals surface area (Å²) < 4.78 is 9.36. The van der Waals surface area contributed by atoms with Crippen molar-refractivity contribution in [2.24, 2.45) is 5.92 Å². The third-order valence-corrected chi connectivity index (χ3v) is 5.61. The van der Waals surface area contributed by atoms with Gasteiger partial charge in [-0.3, -0.25) is 4.72 Å². The maximum atomic E-state index is 11.6. The van der Waals surface area contributed by atoms with Gasteiger partial charge in [0.05, 0.1) is 13.2 Å². The monoisotopic (exact) mass is 407 g/mol. The number of amides is 2. The van der Waals surface area contributed by atoms with Crippen molar-refractivity contribution in [2.45, 2.75) is 45.6 Å². The molecule has 156 valence electrons. The summed E-state index contributed by atoms with van der Waals surface area (Å²) in [6, 6.07) is 6.22. The smallest absolute Gasteiger partial charge is 0.317 e. The van der Waals surface area contributed by atoms with Crippen LogP contribution >= 0.6 is 11.9 Å². The predicted molar refractivity (Wildman–Crippen MR) is 115 cm³/mol. The molecule has 0 aliphatic heterocycles. The molecule has 0 unspecified atom stereocenters. The van der Waals surface area contributed by atoms with Crippen molar-refractivity contribution in [2.75, 3.05) is 32.5 Å². The van der Waals surface area contributed by atoms with Crippen molar-refractivity contribution in [3.63, 3.8) is 0 Å². The van der Waals surface area contributed by atoms with E-state index in [4.69, 9.17) is 4.74 Å². The van der Waals surface area contributed by atoms with Gasteiger partial charge in [-0.15, -0.1) is 0 Å². The number of rotatable bonds is 14. The summed E-state index contributed by atoms with van der Waals surface area (Å²) in [7, 11) is 1.58. The van der Waals surface area contributed by atoms with Crippen LogP contribution in [0.1, 0.15) is 43.2 Å². The predicted octanol–water partition coefficient (Wildman–Crippen LogP) is 3.53. The summed E-state index contributed by atoms with van der Waals surface area (Å²) in [6.07, 6.45) is 6.38. The summed E-state index contributed by atoms with van der Waals surface area (Å²) in [5.41, 5.74) is 2.43. The number of nitrogens with one attached hydrogen (secondary N) is 2. The number of urea groups is 1. The number of carbonyl (C=O) groups is 2. The second-order valence-electron chi connectivity index (χ2n) is 7.25. The Kier molecular flexibility index (Phi) is 10.2. The SMILES string of the molecule is CNC(=O)N(CC=O)CCCCCSNCc1ccc(C)c(OCC2CC2)c1. The first-order chi connectivity index (χ1) is 13.6. The summed E-state index contributed by atoms with van der Waals surface area (Å²) in [5, 5.41) is 2.56. The van der Waals surface area contributed by atoms with Crippen LogP contribution in [0.2, 0.25) is 0 Å². The number of aldehydes is 1. The van der Waals surface area contributed by atoms with Gasteiger partial charge in [0.1, 0.15) is 12.0 Å². The Morgan fingerprint density at radius 2 is 2.14 bits per heavy atom. The lowest BCUT2D eigenvalue weighted by atomic mass is 10.1. The van der Waals surface area contributed by atoms with Crippen LogP contribution < -0.4 is 14.8 Å². The molecule has 0 heterocycles. The van der Waals surface area contributed by atoms with Gasteiger partial charge in [0.25, 0.3) is 0 Å². The summed E-state index contributed by atoms with van der Waals surface area (Å²) in [5.74, 6) is 2.79. The topological polar surface area (TPSA) is 70.7 Å². The lowest BCUT2D eigenvalue weighted by Crippen LogP contribution is -2.39. The van der Waals surface area contributed by atoms with Gasteiger partial charge in [-0.05, 0) is 55.7 Å². The quantitative estimate of drug-likeness (QED) is 0.280. The Morgan fingerprint density at radius 3 is 2.86 bits per heavy atom. The van der Waals surface area contributed by atoms with Crippen molar-refractivity contribution >= 4 is 24.3 Å². The number of unbranched alkanes of at least 4 members (excludes halogenated alkanes) is 2. The van der Waals surface area contributed by atoms with Gasteiger partial charge >= 0.3 is 6.03 Å². The fraction of sp³-hybridized carbons (Fsp3) is 0.619. The van der Waals surface area contributed by atoms with E-state index < -0.39 is 0 Å². The van der Waals surface area contributed by atoms with E-state index in [0.717, 1.165) is 56.1 Å². The van der Waals surface area contributed by atoms with Gasteiger partial charge in [0, 0.05) is 25.9 Å². The van der Waals surface area contributed by atoms with Crippen LogP contribution in [0, 0.1) is 12.8 Å². The van der Waals surface area contributed by atoms with Gasteiger partial charge in [0.2, 0.25) is 0 Å². The van der Waals surface area contributed by atoms with E-state index in [2.05, 4.69) is 35.2 Å². The Balaban J connectivity index is 1.55. The van der Waals surface area contributed by atoms with Crippen LogP contribution in [0.25, 0.3) is 0 Å². The normalized spacial score (nSPS) is 13.2. The van der Waals surface area contributed by atoms with E-state index in [1.165, 1.54) is 24.0 Å². The first kappa shape index (κ1) is 22.6. The minimum absolute atomic E-state index is 0.152. The molecule has 1 aromatic carbocycles. The van der Waals surface area contributed by atoms with Crippen LogP contribution in [-0.2, 0) is 11.3 Å². The zero-order valence-corrected chi connectivity index (χ0v) is 17.9. The largest absolute Gasteiger partial charge is 0.493 e. The highest BCUT2D eigenvalue weighted by Gasteiger charge is 2.22. The first-order valence-corrected chi connectivity index (χ1v) is 11.1. The Labute approximate surface area is 172 Å². The fourth-order valence-electron chi connectivity index (χ4n) is 2.79. The number of hydrogen-bond acceptors (Lipinski definition) is 5. The molecule has 0 spiro atoms. The van der Waals surface area contributed by atoms with Gasteiger partial charge < -0.3 is 19.7 Å². The molecule has 1 aliphatic rings. The maximum absolute atomic E-state index is 11.6. The number of ether oxygens (including phenoxy) is 1. The third-order valence-electron chi connectivity index (χ3n) is 4.77. The molecule has 6 nitrogen and oxygen atoms in total. The third kappa shape index (κ3) is 8.52. The lowest BCUT2D eigenvalue weighted by Gasteiger charge is -2.19. The molecule has 0 bridgehead atoms. The Bertz CT molecular complexity index is 623. The highest BCUT2D eigenvalue weighted by molar-refractivity contribution is 7.97. The lowest BCUT2D eigenvalue weighted by molar-refractivity contribution is -0.108. The van der Waals surface area contributed by atoms with E-state index in [-0.39, 0.29) is 12.6 Å². The van der Waals surface area contributed by atoms with Crippen molar-refractivity contribution in [3.05, 3.63) is 29.3 Å². The standard InChI is InChI=1S/C21H33N3O3S/c1-17-6-7-19(14-20(17)27-16-18-8-9-18)15-23-28-13-5-3-4-10-24(11-12-25)21(26)22-2/h6-7,12,14,18,23H,3-5,8-11,13,15-16H2,1-2H3,(H,22,26). The minimum Gasteiger partial charge on any atom is -0.493 e. The second-order valence-corrected chi connectivity index (χ2v) is 8.24. The fourth-order valence-corrected chi connectivity index (χ4v) is 3.55. The molecule has 0 saturated heterocycles. The molecule has 7 heteroatoms. The van der Waals surface area contributed by atoms with Gasteiger partial charge in [0.15, 0.2) is 0 Å². The molecule has 0 aromatic heterocycles. The van der Waals surface area contributed by atoms with Gasteiger partial charge in [-0.25, -0.2) is 4.79 Å². The molecule has 0 atom stereocenters. The van der Waals surface area contributed by atoms with Gasteiger partial charge in [-0.1, -0.05) is 30.5 Å². The van der Waals surface area contributed by atoms with E-state index in [0.29, 0.717) is 6.54 Å². The molecule has 2 rings (SSSR count). The van der Waals surface area contributed by atoms with Crippen molar-refractivity contribution in [1.29, 1.82) is 0 Å². The Hall–Kier alpha value is -1.73. The van der Waals surface area contributed by atoms with Crippen LogP contribution in [0.5, 0.6) is 5.75 Å². The summed E-state index contributed by atoms with van der Waals surface area (Å²) in [4.78, 5) is 23.8. The zero-order valence-electron chi connectivity index (χ0n) is 17.0. The molecule has 1 aliphatic carbocycles. The first-order valence-electron chi connectivity index (χ1n) is 10.1. The maximum Gasteiger partial charge on any atom is 0.317 e. The number of nitrogens with zero attached hydrogens (tertiary/aromatic N) is 1. The van der Waals surface area contributed by atoms with Crippen molar-refractivity contribution < 1.29 is 14.3 Å². The van der Waals surface area contributed by atoms with E-state index >= 15 is 0 Å².